The maximum absolute atomic E-state index is 7.70. The summed E-state index contributed by atoms with van der Waals surface area (Å²) in [7, 11) is 0. The molecule has 1 fully saturated rings. The van der Waals surface area contributed by atoms with Crippen LogP contribution in [0.3, 0.4) is 0 Å². The molecule has 2 rings (SSSR count). The maximum Gasteiger partial charge on any atom is 0.139 e. The van der Waals surface area contributed by atoms with Gasteiger partial charge in [-0.25, -0.2) is 4.98 Å². The second kappa shape index (κ2) is 6.22. The summed E-state index contributed by atoms with van der Waals surface area (Å²) in [6, 6.07) is 4.45. The van der Waals surface area contributed by atoms with Crippen molar-refractivity contribution in [2.75, 3.05) is 31.1 Å². The highest BCUT2D eigenvalue weighted by Crippen LogP contribution is 2.20. The van der Waals surface area contributed by atoms with E-state index in [0.29, 0.717) is 6.04 Å². The van der Waals surface area contributed by atoms with Crippen LogP contribution in [0, 0.1) is 12.3 Å². The Kier molecular flexibility index (Phi) is 4.60. The van der Waals surface area contributed by atoms with Crippen LogP contribution < -0.4 is 10.6 Å². The van der Waals surface area contributed by atoms with E-state index in [0.717, 1.165) is 43.3 Å². The Morgan fingerprint density at radius 1 is 1.35 bits per heavy atom. The predicted octanol–water partition coefficient (Wildman–Crippen LogP) is 1.59. The van der Waals surface area contributed by atoms with Gasteiger partial charge in [0, 0.05) is 37.9 Å². The summed E-state index contributed by atoms with van der Waals surface area (Å²) < 4.78 is 0. The van der Waals surface area contributed by atoms with Gasteiger partial charge in [-0.05, 0) is 32.4 Å². The third kappa shape index (κ3) is 3.10. The summed E-state index contributed by atoms with van der Waals surface area (Å²) >= 11 is 0. The molecular weight excluding hydrogens is 250 g/mol. The van der Waals surface area contributed by atoms with Crippen molar-refractivity contribution in [3.63, 3.8) is 0 Å². The summed E-state index contributed by atoms with van der Waals surface area (Å²) in [6.45, 7) is 10.5. The minimum atomic E-state index is 0.0943. The monoisotopic (exact) mass is 275 g/mol. The number of amidine groups is 1. The number of nitrogens with two attached hydrogens (primary N) is 1. The zero-order chi connectivity index (χ0) is 14.7. The highest BCUT2D eigenvalue weighted by atomic mass is 15.3. The molecule has 1 aromatic heterocycles. The van der Waals surface area contributed by atoms with Gasteiger partial charge in [0.25, 0.3) is 0 Å². The lowest BCUT2D eigenvalue weighted by Gasteiger charge is -2.39. The van der Waals surface area contributed by atoms with Crippen LogP contribution in [0.5, 0.6) is 0 Å². The van der Waals surface area contributed by atoms with Gasteiger partial charge >= 0.3 is 0 Å². The topological polar surface area (TPSA) is 69.2 Å². The number of nitrogens with one attached hydrogen (secondary N) is 1. The van der Waals surface area contributed by atoms with Gasteiger partial charge in [-0.2, -0.15) is 0 Å². The van der Waals surface area contributed by atoms with Crippen molar-refractivity contribution in [3.05, 3.63) is 23.4 Å². The van der Waals surface area contributed by atoms with E-state index < -0.39 is 0 Å². The van der Waals surface area contributed by atoms with Gasteiger partial charge in [-0.15, -0.1) is 0 Å². The van der Waals surface area contributed by atoms with Gasteiger partial charge in [0.1, 0.15) is 11.7 Å². The van der Waals surface area contributed by atoms with E-state index in [-0.39, 0.29) is 5.84 Å². The lowest BCUT2D eigenvalue weighted by molar-refractivity contribution is 0.192. The molecule has 1 aliphatic heterocycles. The molecule has 0 radical (unpaired) electrons. The number of piperazine rings is 1. The van der Waals surface area contributed by atoms with E-state index in [9.17, 15) is 0 Å². The Hall–Kier alpha value is -1.62. The molecule has 0 bridgehead atoms. The molecule has 1 atom stereocenters. The third-order valence-electron chi connectivity index (χ3n) is 4.13. The van der Waals surface area contributed by atoms with Gasteiger partial charge in [0.15, 0.2) is 0 Å². The Bertz CT molecular complexity index is 477. The number of rotatable bonds is 4. The van der Waals surface area contributed by atoms with Gasteiger partial charge in [0.2, 0.25) is 0 Å². The lowest BCUT2D eigenvalue weighted by Crippen LogP contribution is -2.50. The van der Waals surface area contributed by atoms with E-state index in [4.69, 9.17) is 11.1 Å². The van der Waals surface area contributed by atoms with Crippen molar-refractivity contribution in [1.29, 1.82) is 5.41 Å². The molecule has 0 spiro atoms. The second-order valence-corrected chi connectivity index (χ2v) is 5.52. The molecule has 0 aromatic carbocycles. The first-order valence-corrected chi connectivity index (χ1v) is 7.34. The van der Waals surface area contributed by atoms with E-state index in [1.165, 1.54) is 6.42 Å². The summed E-state index contributed by atoms with van der Waals surface area (Å²) in [5.41, 5.74) is 7.38. The molecule has 1 aliphatic rings. The zero-order valence-corrected chi connectivity index (χ0v) is 12.7. The molecule has 20 heavy (non-hydrogen) atoms. The van der Waals surface area contributed by atoms with Crippen LogP contribution >= 0.6 is 0 Å². The average Bonchev–Trinajstić information content (AvgIpc) is 2.46. The predicted molar refractivity (Wildman–Crippen MR) is 83.5 cm³/mol. The Morgan fingerprint density at radius 3 is 2.55 bits per heavy atom. The maximum atomic E-state index is 7.70. The molecule has 1 unspecified atom stereocenters. The fraction of sp³-hybridized carbons (Fsp3) is 0.600. The number of nitrogens with zero attached hydrogens (tertiary/aromatic N) is 3. The van der Waals surface area contributed by atoms with Crippen LogP contribution in [-0.4, -0.2) is 47.9 Å². The third-order valence-corrected chi connectivity index (χ3v) is 4.13. The van der Waals surface area contributed by atoms with E-state index in [1.807, 2.05) is 19.1 Å². The SMILES string of the molecule is CCC(C)N1CCN(c2nc(C)ccc2C(=N)N)CC1. The number of aryl methyl sites for hydroxylation is 1. The molecule has 0 aliphatic carbocycles. The largest absolute Gasteiger partial charge is 0.384 e. The average molecular weight is 275 g/mol. The first-order valence-electron chi connectivity index (χ1n) is 7.34. The van der Waals surface area contributed by atoms with Gasteiger partial charge in [-0.1, -0.05) is 6.92 Å². The second-order valence-electron chi connectivity index (χ2n) is 5.52. The van der Waals surface area contributed by atoms with E-state index >= 15 is 0 Å². The van der Waals surface area contributed by atoms with Crippen LogP contribution in [0.2, 0.25) is 0 Å². The number of nitrogen functional groups attached to an aromatic ring is 1. The molecule has 3 N–H and O–H groups in total. The lowest BCUT2D eigenvalue weighted by atomic mass is 10.1. The molecule has 5 heteroatoms. The van der Waals surface area contributed by atoms with Crippen molar-refractivity contribution in [2.45, 2.75) is 33.2 Å². The van der Waals surface area contributed by atoms with Crippen molar-refractivity contribution in [2.24, 2.45) is 5.73 Å². The van der Waals surface area contributed by atoms with Crippen LogP contribution in [0.25, 0.3) is 0 Å². The molecule has 0 saturated carbocycles. The molecule has 1 aromatic rings. The highest BCUT2D eigenvalue weighted by Gasteiger charge is 2.23. The first kappa shape index (κ1) is 14.8. The Labute approximate surface area is 121 Å². The zero-order valence-electron chi connectivity index (χ0n) is 12.7. The van der Waals surface area contributed by atoms with Crippen molar-refractivity contribution in [1.82, 2.24) is 9.88 Å². The normalized spacial score (nSPS) is 18.1. The number of hydrogen-bond donors (Lipinski definition) is 2. The van der Waals surface area contributed by atoms with Gasteiger partial charge in [-0.3, -0.25) is 10.3 Å². The van der Waals surface area contributed by atoms with Gasteiger partial charge in [0.05, 0.1) is 5.56 Å². The fourth-order valence-electron chi connectivity index (χ4n) is 2.63. The number of hydrogen-bond acceptors (Lipinski definition) is 4. The van der Waals surface area contributed by atoms with E-state index in [2.05, 4.69) is 28.6 Å². The standard InChI is InChI=1S/C15H25N5/c1-4-12(3)19-7-9-20(10-8-19)15-13(14(16)17)6-5-11(2)18-15/h5-6,12H,4,7-10H2,1-3H3,(H3,16,17). The molecule has 0 amide bonds. The minimum absolute atomic E-state index is 0.0943. The van der Waals surface area contributed by atoms with Crippen LogP contribution in [0.4, 0.5) is 5.82 Å². The van der Waals surface area contributed by atoms with Crippen LogP contribution in [0.15, 0.2) is 12.1 Å². The van der Waals surface area contributed by atoms with Crippen molar-refractivity contribution >= 4 is 11.7 Å². The Balaban J connectivity index is 2.14. The fourth-order valence-corrected chi connectivity index (χ4v) is 2.63. The van der Waals surface area contributed by atoms with Crippen molar-refractivity contribution < 1.29 is 0 Å². The van der Waals surface area contributed by atoms with Crippen LogP contribution in [0.1, 0.15) is 31.5 Å². The van der Waals surface area contributed by atoms with Crippen molar-refractivity contribution in [3.8, 4) is 0 Å². The van der Waals surface area contributed by atoms with E-state index in [1.54, 1.807) is 0 Å². The molecule has 2 heterocycles. The number of anilines is 1. The highest BCUT2D eigenvalue weighted by molar-refractivity contribution is 5.99. The summed E-state index contributed by atoms with van der Waals surface area (Å²) in [4.78, 5) is 9.36. The molecule has 5 nitrogen and oxygen atoms in total. The molecule has 110 valence electrons. The summed E-state index contributed by atoms with van der Waals surface area (Å²) in [5.74, 6) is 0.957. The van der Waals surface area contributed by atoms with Crippen LogP contribution in [-0.2, 0) is 0 Å². The number of pyridine rings is 1. The quantitative estimate of drug-likeness (QED) is 0.647. The summed E-state index contributed by atoms with van der Waals surface area (Å²) in [6.07, 6.45) is 1.18. The van der Waals surface area contributed by atoms with Gasteiger partial charge < -0.3 is 10.6 Å². The minimum Gasteiger partial charge on any atom is -0.384 e. The number of aromatic nitrogens is 1. The molecule has 1 saturated heterocycles. The smallest absolute Gasteiger partial charge is 0.139 e. The Morgan fingerprint density at radius 2 is 2.00 bits per heavy atom. The molecular formula is C15H25N5. The summed E-state index contributed by atoms with van der Waals surface area (Å²) in [5, 5.41) is 7.70. The first-order chi connectivity index (χ1) is 9.52.